The highest BCUT2D eigenvalue weighted by atomic mass is 79.9. The molecule has 1 aliphatic carbocycles. The first-order valence-corrected chi connectivity index (χ1v) is 13.7. The summed E-state index contributed by atoms with van der Waals surface area (Å²) in [5.41, 5.74) is 5.39. The van der Waals surface area contributed by atoms with Crippen LogP contribution in [0, 0.1) is 23.6 Å². The van der Waals surface area contributed by atoms with Crippen molar-refractivity contribution in [1.29, 1.82) is 0 Å². The second kappa shape index (κ2) is 10.5. The third-order valence-corrected chi connectivity index (χ3v) is 7.99. The summed E-state index contributed by atoms with van der Waals surface area (Å²) in [6.07, 6.45) is 4.54. The van der Waals surface area contributed by atoms with Gasteiger partial charge in [-0.05, 0) is 90.1 Å². The van der Waals surface area contributed by atoms with E-state index in [1.54, 1.807) is 28.9 Å². The van der Waals surface area contributed by atoms with Crippen LogP contribution in [0.5, 0.6) is 5.75 Å². The van der Waals surface area contributed by atoms with Crippen molar-refractivity contribution in [3.63, 3.8) is 0 Å². The van der Waals surface area contributed by atoms with E-state index < -0.39 is 6.10 Å². The number of halogens is 3. The molecule has 0 aliphatic heterocycles. The zero-order valence-electron chi connectivity index (χ0n) is 20.7. The van der Waals surface area contributed by atoms with Crippen molar-refractivity contribution in [2.24, 2.45) is 18.1 Å². The molecule has 2 aromatic heterocycles. The van der Waals surface area contributed by atoms with Crippen molar-refractivity contribution in [3.05, 3.63) is 84.8 Å². The molecule has 7 nitrogen and oxygen atoms in total. The molecule has 1 fully saturated rings. The molecule has 4 aromatic rings. The predicted molar refractivity (Wildman–Crippen MR) is 147 cm³/mol. The Kier molecular flexibility index (Phi) is 7.31. The zero-order valence-corrected chi connectivity index (χ0v) is 23.9. The van der Waals surface area contributed by atoms with Crippen LogP contribution in [0.15, 0.2) is 56.8 Å². The first-order valence-electron chi connectivity index (χ1n) is 12.1. The highest BCUT2D eigenvalue weighted by Crippen LogP contribution is 2.38. The third kappa shape index (κ3) is 5.55. The number of hydrogen-bond donors (Lipinski definition) is 0. The van der Waals surface area contributed by atoms with Crippen LogP contribution in [0.3, 0.4) is 0 Å². The molecule has 2 aromatic carbocycles. The van der Waals surface area contributed by atoms with E-state index in [9.17, 15) is 9.30 Å². The molecule has 2 heterocycles. The van der Waals surface area contributed by atoms with Gasteiger partial charge in [0, 0.05) is 52.9 Å². The first-order chi connectivity index (χ1) is 17.7. The molecule has 0 unspecified atom stereocenters. The van der Waals surface area contributed by atoms with Gasteiger partial charge in [0.05, 0.1) is 11.4 Å². The normalized spacial score (nSPS) is 14.1. The van der Waals surface area contributed by atoms with Crippen molar-refractivity contribution in [2.45, 2.75) is 45.8 Å². The number of aryl methyl sites for hydroxylation is 2. The fraction of sp³-hybridized carbons (Fsp3) is 0.333. The van der Waals surface area contributed by atoms with Gasteiger partial charge in [0.25, 0.3) is 0 Å². The number of hydrogen-bond acceptors (Lipinski definition) is 5. The topological polar surface area (TPSA) is 74.3 Å². The molecule has 0 bridgehead atoms. The fourth-order valence-corrected chi connectivity index (χ4v) is 5.53. The minimum Gasteiger partial charge on any atom is -0.484 e. The van der Waals surface area contributed by atoms with Gasteiger partial charge in [0.2, 0.25) is 0 Å². The molecule has 0 spiro atoms. The van der Waals surface area contributed by atoms with Crippen LogP contribution in [0.1, 0.15) is 48.3 Å². The largest absolute Gasteiger partial charge is 0.484 e. The van der Waals surface area contributed by atoms with Crippen LogP contribution < -0.4 is 4.74 Å². The van der Waals surface area contributed by atoms with E-state index in [1.165, 1.54) is 25.0 Å². The van der Waals surface area contributed by atoms with Crippen LogP contribution in [0.25, 0.3) is 11.3 Å². The van der Waals surface area contributed by atoms with Crippen molar-refractivity contribution in [1.82, 2.24) is 19.6 Å². The maximum Gasteiger partial charge on any atom is 0.150 e. The second-order valence-corrected chi connectivity index (χ2v) is 11.2. The van der Waals surface area contributed by atoms with Gasteiger partial charge in [0.1, 0.15) is 22.2 Å². The third-order valence-electron chi connectivity index (χ3n) is 6.61. The molecule has 0 saturated heterocycles. The van der Waals surface area contributed by atoms with Gasteiger partial charge in [-0.3, -0.25) is 9.36 Å². The van der Waals surface area contributed by atoms with Crippen LogP contribution in [0.4, 0.5) is 10.1 Å². The van der Waals surface area contributed by atoms with Crippen LogP contribution in [-0.2, 0) is 20.0 Å². The maximum absolute atomic E-state index is 14.5. The highest BCUT2D eigenvalue weighted by Gasteiger charge is 2.26. The van der Waals surface area contributed by atoms with Gasteiger partial charge in [-0.2, -0.15) is 10.2 Å². The van der Waals surface area contributed by atoms with Gasteiger partial charge in [-0.15, -0.1) is 4.91 Å². The number of rotatable bonds is 9. The molecular formula is C27H26Br2FN5O2. The molecule has 0 N–H and O–H groups in total. The SMILES string of the molecule is Cc1nn(CC2CC2)c(Br)c1Cc1cn(C)nc1-c1ccc(F)cc1[C@@H](C)Oc1cc(Br)ccc1N=O. The average Bonchev–Trinajstić information content (AvgIpc) is 3.55. The Morgan fingerprint density at radius 3 is 2.70 bits per heavy atom. The highest BCUT2D eigenvalue weighted by molar-refractivity contribution is 9.10. The first kappa shape index (κ1) is 25.8. The summed E-state index contributed by atoms with van der Waals surface area (Å²) in [4.78, 5) is 11.3. The molecule has 1 atom stereocenters. The predicted octanol–water partition coefficient (Wildman–Crippen LogP) is 7.79. The van der Waals surface area contributed by atoms with E-state index >= 15 is 0 Å². The van der Waals surface area contributed by atoms with E-state index in [4.69, 9.17) is 14.9 Å². The van der Waals surface area contributed by atoms with E-state index in [2.05, 4.69) is 37.0 Å². The molecule has 0 amide bonds. The molecule has 192 valence electrons. The number of benzene rings is 2. The summed E-state index contributed by atoms with van der Waals surface area (Å²) in [6, 6.07) is 9.59. The van der Waals surface area contributed by atoms with E-state index in [0.717, 1.165) is 43.7 Å². The molecule has 1 aliphatic rings. The summed E-state index contributed by atoms with van der Waals surface area (Å²) in [5, 5.41) is 12.6. The summed E-state index contributed by atoms with van der Waals surface area (Å²) in [7, 11) is 1.87. The Morgan fingerprint density at radius 2 is 1.97 bits per heavy atom. The van der Waals surface area contributed by atoms with E-state index in [1.807, 2.05) is 31.8 Å². The lowest BCUT2D eigenvalue weighted by atomic mass is 9.96. The Labute approximate surface area is 231 Å². The quantitative estimate of drug-likeness (QED) is 0.177. The number of nitroso groups, excluding NO2 is 1. The second-order valence-electron chi connectivity index (χ2n) is 9.53. The van der Waals surface area contributed by atoms with E-state index in [0.29, 0.717) is 23.7 Å². The Hall–Kier alpha value is -2.85. The number of nitrogens with zero attached hydrogens (tertiary/aromatic N) is 5. The summed E-state index contributed by atoms with van der Waals surface area (Å²) in [5.74, 6) is 0.645. The molecule has 37 heavy (non-hydrogen) atoms. The zero-order chi connectivity index (χ0) is 26.3. The van der Waals surface area contributed by atoms with Gasteiger partial charge < -0.3 is 4.74 Å². The van der Waals surface area contributed by atoms with Crippen LogP contribution in [-0.4, -0.2) is 19.6 Å². The summed E-state index contributed by atoms with van der Waals surface area (Å²) < 4.78 is 26.1. The molecule has 1 saturated carbocycles. The Balaban J connectivity index is 1.51. The number of ether oxygens (including phenoxy) is 1. The van der Waals surface area contributed by atoms with Gasteiger partial charge >= 0.3 is 0 Å². The Morgan fingerprint density at radius 1 is 1.19 bits per heavy atom. The summed E-state index contributed by atoms with van der Waals surface area (Å²) >= 11 is 7.17. The Bertz CT molecular complexity index is 1480. The average molecular weight is 631 g/mol. The number of aromatic nitrogens is 4. The molecular weight excluding hydrogens is 605 g/mol. The van der Waals surface area contributed by atoms with Crippen molar-refractivity contribution >= 4 is 37.5 Å². The molecule has 10 heteroatoms. The lowest BCUT2D eigenvalue weighted by Gasteiger charge is -2.19. The van der Waals surface area contributed by atoms with Gasteiger partial charge in [-0.25, -0.2) is 4.39 Å². The fourth-order valence-electron chi connectivity index (χ4n) is 4.54. The minimum atomic E-state index is -0.579. The van der Waals surface area contributed by atoms with Crippen molar-refractivity contribution < 1.29 is 9.13 Å². The van der Waals surface area contributed by atoms with E-state index in [-0.39, 0.29) is 11.5 Å². The smallest absolute Gasteiger partial charge is 0.150 e. The minimum absolute atomic E-state index is 0.176. The van der Waals surface area contributed by atoms with Crippen molar-refractivity contribution in [2.75, 3.05) is 0 Å². The lowest BCUT2D eigenvalue weighted by molar-refractivity contribution is 0.228. The van der Waals surface area contributed by atoms with Crippen LogP contribution >= 0.6 is 31.9 Å². The van der Waals surface area contributed by atoms with Gasteiger partial charge in [-0.1, -0.05) is 15.9 Å². The maximum atomic E-state index is 14.5. The standard InChI is InChI=1S/C27H26Br2FN5O2/c1-15-22(27(29)35(31-15)13-17-4-5-17)10-18-14-34(3)32-26(18)21-8-7-20(30)12-23(21)16(2)37-25-11-19(28)6-9-24(25)33-36/h6-9,11-12,14,16-17H,4-5,10,13H2,1-3H3/t16-/m1/s1. The summed E-state index contributed by atoms with van der Waals surface area (Å²) in [6.45, 7) is 4.76. The van der Waals surface area contributed by atoms with Gasteiger partial charge in [0.15, 0.2) is 5.75 Å². The monoisotopic (exact) mass is 629 g/mol. The van der Waals surface area contributed by atoms with Crippen molar-refractivity contribution in [3.8, 4) is 17.0 Å². The van der Waals surface area contributed by atoms with Crippen LogP contribution in [0.2, 0.25) is 0 Å². The molecule has 0 radical (unpaired) electrons. The lowest BCUT2D eigenvalue weighted by Crippen LogP contribution is -2.07. The molecule has 5 rings (SSSR count).